The standard InChI is InChI=1S/C28H29N3O6/c1-35-23-7-3-2-5-17(23)15-30-26(33)13-20-12-22-21-11-19(31-28(34)18-6-4-10-29-14-18)8-9-24(21)37-27(22)25(16-32)36-20/h2-11,14,20,22,25,27,32H,12-13,15-16H2,1H3,(H,30,33)(H,31,34)/t20-,22-,25-,27+/m1/s1. The van der Waals surface area contributed by atoms with Crippen LogP contribution in [-0.4, -0.2) is 53.9 Å². The van der Waals surface area contributed by atoms with Crippen molar-refractivity contribution in [3.05, 3.63) is 83.7 Å². The van der Waals surface area contributed by atoms with E-state index < -0.39 is 6.10 Å². The number of aliphatic hydroxyl groups excluding tert-OH is 1. The Bertz CT molecular complexity index is 1270. The van der Waals surface area contributed by atoms with Crippen LogP contribution in [0.1, 0.15) is 40.2 Å². The van der Waals surface area contributed by atoms with E-state index in [-0.39, 0.29) is 43.0 Å². The molecule has 4 atom stereocenters. The monoisotopic (exact) mass is 503 g/mol. The van der Waals surface area contributed by atoms with Gasteiger partial charge in [0.05, 0.1) is 31.8 Å². The number of para-hydroxylation sites is 1. The lowest BCUT2D eigenvalue weighted by Crippen LogP contribution is -2.47. The zero-order chi connectivity index (χ0) is 25.8. The number of hydrogen-bond acceptors (Lipinski definition) is 7. The number of pyridine rings is 1. The Hall–Kier alpha value is -3.95. The summed E-state index contributed by atoms with van der Waals surface area (Å²) in [6.45, 7) is 0.121. The van der Waals surface area contributed by atoms with E-state index in [0.29, 0.717) is 35.7 Å². The molecule has 9 nitrogen and oxygen atoms in total. The maximum Gasteiger partial charge on any atom is 0.257 e. The van der Waals surface area contributed by atoms with E-state index in [0.717, 1.165) is 11.1 Å². The minimum Gasteiger partial charge on any atom is -0.496 e. The van der Waals surface area contributed by atoms with Crippen LogP contribution in [-0.2, 0) is 16.1 Å². The van der Waals surface area contributed by atoms with Crippen LogP contribution in [0.4, 0.5) is 5.69 Å². The van der Waals surface area contributed by atoms with Crippen molar-refractivity contribution in [3.63, 3.8) is 0 Å². The quantitative estimate of drug-likeness (QED) is 0.432. The molecule has 2 aliphatic rings. The molecule has 3 N–H and O–H groups in total. The second kappa shape index (κ2) is 11.0. The van der Waals surface area contributed by atoms with Gasteiger partial charge in [-0.25, -0.2) is 0 Å². The Kier molecular flexibility index (Phi) is 7.34. The van der Waals surface area contributed by atoms with Crippen molar-refractivity contribution >= 4 is 17.5 Å². The summed E-state index contributed by atoms with van der Waals surface area (Å²) in [5.74, 6) is 0.919. The summed E-state index contributed by atoms with van der Waals surface area (Å²) < 4.78 is 17.5. The average Bonchev–Trinajstić information content (AvgIpc) is 3.30. The van der Waals surface area contributed by atoms with E-state index in [1.807, 2.05) is 36.4 Å². The summed E-state index contributed by atoms with van der Waals surface area (Å²) in [6, 6.07) is 16.4. The third kappa shape index (κ3) is 5.42. The van der Waals surface area contributed by atoms with Gasteiger partial charge in [-0.2, -0.15) is 0 Å². The molecular formula is C28H29N3O6. The largest absolute Gasteiger partial charge is 0.496 e. The van der Waals surface area contributed by atoms with Gasteiger partial charge in [0.15, 0.2) is 0 Å². The molecule has 1 fully saturated rings. The number of nitrogens with zero attached hydrogens (tertiary/aromatic N) is 1. The molecule has 5 rings (SSSR count). The van der Waals surface area contributed by atoms with Gasteiger partial charge in [-0.05, 0) is 42.8 Å². The van der Waals surface area contributed by atoms with Crippen molar-refractivity contribution in [1.29, 1.82) is 0 Å². The normalized spacial score (nSPS) is 21.8. The zero-order valence-corrected chi connectivity index (χ0v) is 20.4. The van der Waals surface area contributed by atoms with Crippen molar-refractivity contribution in [2.75, 3.05) is 19.0 Å². The average molecular weight is 504 g/mol. The Labute approximate surface area is 214 Å². The fraction of sp³-hybridized carbons (Fsp3) is 0.321. The molecule has 9 heteroatoms. The number of fused-ring (bicyclic) bond motifs is 3. The number of anilines is 1. The molecule has 2 aliphatic heterocycles. The third-order valence-electron chi connectivity index (χ3n) is 6.76. The van der Waals surface area contributed by atoms with Crippen LogP contribution in [0.3, 0.4) is 0 Å². The molecule has 37 heavy (non-hydrogen) atoms. The van der Waals surface area contributed by atoms with Gasteiger partial charge in [-0.3, -0.25) is 14.6 Å². The number of ether oxygens (including phenoxy) is 3. The van der Waals surface area contributed by atoms with Crippen molar-refractivity contribution in [2.45, 2.75) is 43.6 Å². The number of rotatable bonds is 8. The van der Waals surface area contributed by atoms with E-state index in [9.17, 15) is 14.7 Å². The molecule has 0 aliphatic carbocycles. The van der Waals surface area contributed by atoms with E-state index in [2.05, 4.69) is 15.6 Å². The Morgan fingerprint density at radius 2 is 2.03 bits per heavy atom. The molecule has 0 spiro atoms. The summed E-state index contributed by atoms with van der Waals surface area (Å²) >= 11 is 0. The molecule has 3 heterocycles. The lowest BCUT2D eigenvalue weighted by molar-refractivity contribution is -0.142. The van der Waals surface area contributed by atoms with Crippen molar-refractivity contribution in [2.24, 2.45) is 0 Å². The summed E-state index contributed by atoms with van der Waals surface area (Å²) in [7, 11) is 1.60. The van der Waals surface area contributed by atoms with E-state index in [4.69, 9.17) is 14.2 Å². The molecular weight excluding hydrogens is 474 g/mol. The molecule has 1 aromatic heterocycles. The van der Waals surface area contributed by atoms with Gasteiger partial charge in [0.25, 0.3) is 5.91 Å². The highest BCUT2D eigenvalue weighted by Gasteiger charge is 2.46. The Balaban J connectivity index is 1.26. The SMILES string of the molecule is COc1ccccc1CNC(=O)C[C@H]1C[C@@H]2c3cc(NC(=O)c4cccnc4)ccc3O[C@@H]2[C@@H](CO)O1. The molecule has 1 saturated heterocycles. The van der Waals surface area contributed by atoms with Crippen LogP contribution in [0.2, 0.25) is 0 Å². The molecule has 0 radical (unpaired) electrons. The molecule has 192 valence electrons. The van der Waals surface area contributed by atoms with Crippen LogP contribution >= 0.6 is 0 Å². The number of nitrogens with one attached hydrogen (secondary N) is 2. The smallest absolute Gasteiger partial charge is 0.257 e. The molecule has 0 saturated carbocycles. The maximum atomic E-state index is 12.7. The lowest BCUT2D eigenvalue weighted by Gasteiger charge is -2.37. The van der Waals surface area contributed by atoms with Crippen LogP contribution in [0.25, 0.3) is 0 Å². The number of aliphatic hydroxyl groups is 1. The van der Waals surface area contributed by atoms with Gasteiger partial charge >= 0.3 is 0 Å². The topological polar surface area (TPSA) is 119 Å². The highest BCUT2D eigenvalue weighted by molar-refractivity contribution is 6.04. The highest BCUT2D eigenvalue weighted by atomic mass is 16.6. The van der Waals surface area contributed by atoms with Crippen LogP contribution in [0.5, 0.6) is 11.5 Å². The van der Waals surface area contributed by atoms with Crippen LogP contribution in [0.15, 0.2) is 67.0 Å². The first-order valence-corrected chi connectivity index (χ1v) is 12.2. The second-order valence-electron chi connectivity index (χ2n) is 9.14. The van der Waals surface area contributed by atoms with Gasteiger partial charge in [-0.1, -0.05) is 18.2 Å². The number of aromatic nitrogens is 1. The van der Waals surface area contributed by atoms with Crippen molar-refractivity contribution in [1.82, 2.24) is 10.3 Å². The van der Waals surface area contributed by atoms with Crippen molar-refractivity contribution in [3.8, 4) is 11.5 Å². The predicted molar refractivity (Wildman–Crippen MR) is 136 cm³/mol. The summed E-state index contributed by atoms with van der Waals surface area (Å²) in [6.07, 6.45) is 2.51. The molecule has 0 bridgehead atoms. The van der Waals surface area contributed by atoms with Gasteiger partial charge in [-0.15, -0.1) is 0 Å². The van der Waals surface area contributed by atoms with Gasteiger partial charge in [0.1, 0.15) is 23.7 Å². The van der Waals surface area contributed by atoms with Gasteiger partial charge in [0, 0.05) is 41.7 Å². The fourth-order valence-electron chi connectivity index (χ4n) is 4.99. The highest BCUT2D eigenvalue weighted by Crippen LogP contribution is 2.47. The predicted octanol–water partition coefficient (Wildman–Crippen LogP) is 3.04. The second-order valence-corrected chi connectivity index (χ2v) is 9.14. The Morgan fingerprint density at radius 3 is 2.81 bits per heavy atom. The number of hydrogen-bond donors (Lipinski definition) is 3. The van der Waals surface area contributed by atoms with Crippen LogP contribution < -0.4 is 20.1 Å². The molecule has 3 aromatic rings. The summed E-state index contributed by atoms with van der Waals surface area (Å²) in [5.41, 5.74) is 2.91. The van der Waals surface area contributed by atoms with Crippen molar-refractivity contribution < 1.29 is 28.9 Å². The minimum atomic E-state index is -0.563. The first kappa shape index (κ1) is 24.7. The number of amides is 2. The number of benzene rings is 2. The molecule has 2 amide bonds. The maximum absolute atomic E-state index is 12.7. The van der Waals surface area contributed by atoms with Gasteiger partial charge in [0.2, 0.25) is 5.91 Å². The number of carbonyl (C=O) groups excluding carboxylic acids is 2. The number of methoxy groups -OCH3 is 1. The first-order valence-electron chi connectivity index (χ1n) is 12.2. The zero-order valence-electron chi connectivity index (χ0n) is 20.4. The number of carbonyl (C=O) groups is 2. The summed E-state index contributed by atoms with van der Waals surface area (Å²) in [5, 5.41) is 15.8. The molecule has 2 aromatic carbocycles. The first-order chi connectivity index (χ1) is 18.1. The summed E-state index contributed by atoms with van der Waals surface area (Å²) in [4.78, 5) is 29.3. The minimum absolute atomic E-state index is 0.0804. The van der Waals surface area contributed by atoms with E-state index >= 15 is 0 Å². The lowest BCUT2D eigenvalue weighted by atomic mass is 9.84. The van der Waals surface area contributed by atoms with E-state index in [1.165, 1.54) is 6.20 Å². The van der Waals surface area contributed by atoms with Gasteiger partial charge < -0.3 is 30.0 Å². The fourth-order valence-corrected chi connectivity index (χ4v) is 4.99. The third-order valence-corrected chi connectivity index (χ3v) is 6.76. The molecule has 0 unspecified atom stereocenters. The van der Waals surface area contributed by atoms with E-state index in [1.54, 1.807) is 31.5 Å². The Morgan fingerprint density at radius 1 is 1.16 bits per heavy atom. The van der Waals surface area contributed by atoms with Crippen LogP contribution in [0, 0.1) is 0 Å².